The predicted octanol–water partition coefficient (Wildman–Crippen LogP) is 5.59. The normalized spacial score (nSPS) is 14.5. The summed E-state index contributed by atoms with van der Waals surface area (Å²) in [5.41, 5.74) is 2.74. The molecule has 1 atom stereocenters. The smallest absolute Gasteiger partial charge is 0.122 e. The zero-order chi connectivity index (χ0) is 15.8. The third kappa shape index (κ3) is 4.66. The number of anilines is 1. The maximum atomic E-state index is 5.63. The Bertz CT molecular complexity index is 443. The van der Waals surface area contributed by atoms with E-state index in [-0.39, 0.29) is 0 Å². The van der Waals surface area contributed by atoms with Crippen LogP contribution in [0, 0.1) is 0 Å². The zero-order valence-electron chi connectivity index (χ0n) is 14.7. The number of nitrogens with zero attached hydrogens (tertiary/aromatic N) is 1. The molecule has 0 bridgehead atoms. The van der Waals surface area contributed by atoms with Crippen molar-refractivity contribution in [2.24, 2.45) is 0 Å². The highest BCUT2D eigenvalue weighted by molar-refractivity contribution is 5.54. The largest absolute Gasteiger partial charge is 0.493 e. The fourth-order valence-electron chi connectivity index (χ4n) is 3.45. The van der Waals surface area contributed by atoms with Crippen LogP contribution in [0.5, 0.6) is 5.75 Å². The van der Waals surface area contributed by atoms with Gasteiger partial charge < -0.3 is 9.64 Å². The van der Waals surface area contributed by atoms with Gasteiger partial charge in [0.25, 0.3) is 0 Å². The van der Waals surface area contributed by atoms with Crippen molar-refractivity contribution in [3.63, 3.8) is 0 Å². The van der Waals surface area contributed by atoms with Gasteiger partial charge in [-0.15, -0.1) is 0 Å². The van der Waals surface area contributed by atoms with Gasteiger partial charge in [0.15, 0.2) is 0 Å². The number of hydrogen-bond donors (Lipinski definition) is 0. The Morgan fingerprint density at radius 3 is 2.64 bits per heavy atom. The molecule has 0 fully saturated rings. The summed E-state index contributed by atoms with van der Waals surface area (Å²) in [5, 5.41) is 0. The topological polar surface area (TPSA) is 12.5 Å². The Kier molecular flexibility index (Phi) is 7.08. The minimum absolute atomic E-state index is 0.673. The molecule has 1 aliphatic heterocycles. The third-order valence-corrected chi connectivity index (χ3v) is 4.89. The first-order valence-electron chi connectivity index (χ1n) is 9.24. The van der Waals surface area contributed by atoms with Gasteiger partial charge >= 0.3 is 0 Å². The van der Waals surface area contributed by atoms with Crippen molar-refractivity contribution < 1.29 is 4.74 Å². The molecule has 0 saturated heterocycles. The zero-order valence-corrected chi connectivity index (χ0v) is 14.7. The van der Waals surface area contributed by atoms with Crippen LogP contribution in [0.2, 0.25) is 0 Å². The second-order valence-corrected chi connectivity index (χ2v) is 6.65. The lowest BCUT2D eigenvalue weighted by molar-refractivity contribution is 0.357. The minimum Gasteiger partial charge on any atom is -0.493 e. The van der Waals surface area contributed by atoms with Gasteiger partial charge in [-0.1, -0.05) is 52.4 Å². The number of hydrogen-bond acceptors (Lipinski definition) is 2. The number of ether oxygens (including phenoxy) is 1. The van der Waals surface area contributed by atoms with E-state index in [0.29, 0.717) is 6.04 Å². The molecule has 2 nitrogen and oxygen atoms in total. The van der Waals surface area contributed by atoms with E-state index in [2.05, 4.69) is 44.0 Å². The molecule has 124 valence electrons. The van der Waals surface area contributed by atoms with Crippen molar-refractivity contribution in [3.05, 3.63) is 23.8 Å². The van der Waals surface area contributed by atoms with Gasteiger partial charge in [0.05, 0.1) is 6.61 Å². The van der Waals surface area contributed by atoms with Crippen molar-refractivity contribution in [3.8, 4) is 5.75 Å². The average Bonchev–Trinajstić information content (AvgIpc) is 3.00. The van der Waals surface area contributed by atoms with Crippen LogP contribution in [-0.4, -0.2) is 19.7 Å². The molecule has 0 spiro atoms. The number of fused-ring (bicyclic) bond motifs is 1. The molecule has 0 aliphatic carbocycles. The van der Waals surface area contributed by atoms with E-state index in [0.717, 1.165) is 18.8 Å². The SMILES string of the molecule is CCCCCCCC(CCC)N(C)c1ccc2c(c1)CCO2. The van der Waals surface area contributed by atoms with E-state index in [1.54, 1.807) is 0 Å². The van der Waals surface area contributed by atoms with Crippen LogP contribution in [-0.2, 0) is 6.42 Å². The van der Waals surface area contributed by atoms with Crippen LogP contribution < -0.4 is 9.64 Å². The van der Waals surface area contributed by atoms with Crippen molar-refractivity contribution in [2.45, 2.75) is 77.7 Å². The fourth-order valence-corrected chi connectivity index (χ4v) is 3.45. The molecule has 1 aromatic rings. The molecule has 1 aromatic carbocycles. The second kappa shape index (κ2) is 9.07. The minimum atomic E-state index is 0.673. The summed E-state index contributed by atoms with van der Waals surface area (Å²) in [5.74, 6) is 1.09. The van der Waals surface area contributed by atoms with E-state index in [9.17, 15) is 0 Å². The molecule has 0 radical (unpaired) electrons. The first-order valence-corrected chi connectivity index (χ1v) is 9.24. The Balaban J connectivity index is 1.92. The van der Waals surface area contributed by atoms with Gasteiger partial charge in [-0.05, 0) is 36.6 Å². The van der Waals surface area contributed by atoms with E-state index < -0.39 is 0 Å². The molecular formula is C20H33NO. The van der Waals surface area contributed by atoms with Crippen molar-refractivity contribution in [1.29, 1.82) is 0 Å². The summed E-state index contributed by atoms with van der Waals surface area (Å²) in [6, 6.07) is 7.39. The number of rotatable bonds is 10. The molecule has 0 N–H and O–H groups in total. The molecule has 2 rings (SSSR count). The highest BCUT2D eigenvalue weighted by atomic mass is 16.5. The first-order chi connectivity index (χ1) is 10.8. The van der Waals surface area contributed by atoms with Gasteiger partial charge in [0.2, 0.25) is 0 Å². The Labute approximate surface area is 136 Å². The lowest BCUT2D eigenvalue weighted by Crippen LogP contribution is -2.31. The van der Waals surface area contributed by atoms with Crippen molar-refractivity contribution >= 4 is 5.69 Å². The molecule has 0 saturated carbocycles. The van der Waals surface area contributed by atoms with Crippen LogP contribution in [0.1, 0.15) is 70.8 Å². The maximum absolute atomic E-state index is 5.63. The average molecular weight is 303 g/mol. The van der Waals surface area contributed by atoms with E-state index >= 15 is 0 Å². The van der Waals surface area contributed by atoms with Crippen LogP contribution in [0.15, 0.2) is 18.2 Å². The number of unbranched alkanes of at least 4 members (excludes halogenated alkanes) is 4. The first kappa shape index (κ1) is 17.2. The molecule has 1 aliphatic rings. The van der Waals surface area contributed by atoms with Gasteiger partial charge in [-0.2, -0.15) is 0 Å². The van der Waals surface area contributed by atoms with Gasteiger partial charge in [0, 0.05) is 25.2 Å². The summed E-state index contributed by atoms with van der Waals surface area (Å²) in [4.78, 5) is 2.50. The fraction of sp³-hybridized carbons (Fsp3) is 0.700. The van der Waals surface area contributed by atoms with Crippen LogP contribution in [0.25, 0.3) is 0 Å². The van der Waals surface area contributed by atoms with Gasteiger partial charge in [0.1, 0.15) is 5.75 Å². The van der Waals surface area contributed by atoms with Crippen molar-refractivity contribution in [2.75, 3.05) is 18.6 Å². The Morgan fingerprint density at radius 2 is 1.86 bits per heavy atom. The molecule has 1 heterocycles. The molecule has 2 heteroatoms. The lowest BCUT2D eigenvalue weighted by Gasteiger charge is -2.30. The Hall–Kier alpha value is -1.18. The lowest BCUT2D eigenvalue weighted by atomic mass is 10.0. The second-order valence-electron chi connectivity index (χ2n) is 6.65. The highest BCUT2D eigenvalue weighted by Crippen LogP contribution is 2.31. The summed E-state index contributed by atoms with van der Waals surface area (Å²) < 4.78 is 5.63. The van der Waals surface area contributed by atoms with Crippen LogP contribution in [0.4, 0.5) is 5.69 Å². The van der Waals surface area contributed by atoms with Crippen LogP contribution >= 0.6 is 0 Å². The van der Waals surface area contributed by atoms with Gasteiger partial charge in [-0.3, -0.25) is 0 Å². The third-order valence-electron chi connectivity index (χ3n) is 4.89. The molecular weight excluding hydrogens is 270 g/mol. The Morgan fingerprint density at radius 1 is 1.05 bits per heavy atom. The monoisotopic (exact) mass is 303 g/mol. The van der Waals surface area contributed by atoms with Crippen molar-refractivity contribution in [1.82, 2.24) is 0 Å². The summed E-state index contributed by atoms with van der Waals surface area (Å²) in [7, 11) is 2.27. The maximum Gasteiger partial charge on any atom is 0.122 e. The van der Waals surface area contributed by atoms with E-state index in [4.69, 9.17) is 4.74 Å². The predicted molar refractivity (Wildman–Crippen MR) is 96.1 cm³/mol. The van der Waals surface area contributed by atoms with E-state index in [1.165, 1.54) is 62.6 Å². The number of benzene rings is 1. The molecule has 0 amide bonds. The van der Waals surface area contributed by atoms with Gasteiger partial charge in [-0.25, -0.2) is 0 Å². The highest BCUT2D eigenvalue weighted by Gasteiger charge is 2.17. The van der Waals surface area contributed by atoms with E-state index in [1.807, 2.05) is 0 Å². The molecule has 1 unspecified atom stereocenters. The standard InChI is InChI=1S/C20H33NO/c1-4-6-7-8-9-11-18(10-5-2)21(3)19-12-13-20-17(16-19)14-15-22-20/h12-13,16,18H,4-11,14-15H2,1-3H3. The molecule has 22 heavy (non-hydrogen) atoms. The quantitative estimate of drug-likeness (QED) is 0.523. The summed E-state index contributed by atoms with van der Waals surface area (Å²) in [6.07, 6.45) is 11.8. The molecule has 0 aromatic heterocycles. The summed E-state index contributed by atoms with van der Waals surface area (Å²) in [6.45, 7) is 5.43. The van der Waals surface area contributed by atoms with Crippen LogP contribution in [0.3, 0.4) is 0 Å². The summed E-state index contributed by atoms with van der Waals surface area (Å²) >= 11 is 0.